The van der Waals surface area contributed by atoms with Crippen LogP contribution in [0.4, 0.5) is 10.1 Å². The number of hydrogen-bond donors (Lipinski definition) is 2. The molecule has 160 valence electrons. The van der Waals surface area contributed by atoms with Gasteiger partial charge < -0.3 is 10.6 Å². The Hall–Kier alpha value is -2.77. The number of rotatable bonds is 8. The SMILES string of the molecule is CC(C(=O)NCCc1ccc(F)cc1)N1CCN(CC(=O)Nc2ccccc2)CC1. The fourth-order valence-corrected chi connectivity index (χ4v) is 3.53. The first-order chi connectivity index (χ1) is 14.5. The molecule has 1 saturated heterocycles. The molecule has 0 radical (unpaired) electrons. The van der Waals surface area contributed by atoms with E-state index in [0.29, 0.717) is 19.5 Å². The van der Waals surface area contributed by atoms with Crippen molar-refractivity contribution in [2.75, 3.05) is 44.6 Å². The molecule has 0 saturated carbocycles. The largest absolute Gasteiger partial charge is 0.354 e. The zero-order valence-electron chi connectivity index (χ0n) is 17.3. The Kier molecular flexibility index (Phi) is 7.93. The molecule has 1 atom stereocenters. The molecule has 0 aromatic heterocycles. The van der Waals surface area contributed by atoms with Crippen molar-refractivity contribution in [1.29, 1.82) is 0 Å². The van der Waals surface area contributed by atoms with Gasteiger partial charge in [-0.2, -0.15) is 0 Å². The Morgan fingerprint density at radius 3 is 2.33 bits per heavy atom. The van der Waals surface area contributed by atoms with Crippen LogP contribution in [0.15, 0.2) is 54.6 Å². The minimum atomic E-state index is -0.256. The second kappa shape index (κ2) is 10.8. The molecule has 0 spiro atoms. The van der Waals surface area contributed by atoms with E-state index < -0.39 is 0 Å². The van der Waals surface area contributed by atoms with Gasteiger partial charge >= 0.3 is 0 Å². The molecule has 2 amide bonds. The third-order valence-corrected chi connectivity index (χ3v) is 5.38. The fourth-order valence-electron chi connectivity index (χ4n) is 3.53. The van der Waals surface area contributed by atoms with E-state index in [1.54, 1.807) is 12.1 Å². The van der Waals surface area contributed by atoms with E-state index in [1.165, 1.54) is 12.1 Å². The lowest BCUT2D eigenvalue weighted by molar-refractivity contribution is -0.127. The summed E-state index contributed by atoms with van der Waals surface area (Å²) in [5.41, 5.74) is 1.79. The Morgan fingerprint density at radius 2 is 1.67 bits per heavy atom. The number of nitrogens with one attached hydrogen (secondary N) is 2. The molecule has 1 aliphatic heterocycles. The van der Waals surface area contributed by atoms with Gasteiger partial charge in [0, 0.05) is 38.4 Å². The molecule has 0 aliphatic carbocycles. The lowest BCUT2D eigenvalue weighted by Gasteiger charge is -2.37. The molecule has 1 fully saturated rings. The van der Waals surface area contributed by atoms with E-state index in [0.717, 1.165) is 37.4 Å². The van der Waals surface area contributed by atoms with Crippen LogP contribution >= 0.6 is 0 Å². The first-order valence-electron chi connectivity index (χ1n) is 10.3. The average Bonchev–Trinajstić information content (AvgIpc) is 2.75. The van der Waals surface area contributed by atoms with Crippen LogP contribution in [0, 0.1) is 5.82 Å². The second-order valence-corrected chi connectivity index (χ2v) is 7.57. The quantitative estimate of drug-likeness (QED) is 0.697. The summed E-state index contributed by atoms with van der Waals surface area (Å²) in [5, 5.41) is 5.86. The van der Waals surface area contributed by atoms with Crippen molar-refractivity contribution in [2.24, 2.45) is 0 Å². The summed E-state index contributed by atoms with van der Waals surface area (Å²) in [4.78, 5) is 28.9. The number of amides is 2. The van der Waals surface area contributed by atoms with Gasteiger partial charge in [-0.15, -0.1) is 0 Å². The number of benzene rings is 2. The van der Waals surface area contributed by atoms with Gasteiger partial charge in [-0.05, 0) is 43.2 Å². The summed E-state index contributed by atoms with van der Waals surface area (Å²) in [7, 11) is 0. The number of piperazine rings is 1. The van der Waals surface area contributed by atoms with Gasteiger partial charge in [-0.25, -0.2) is 4.39 Å². The maximum atomic E-state index is 12.9. The number of halogens is 1. The predicted octanol–water partition coefficient (Wildman–Crippen LogP) is 2.13. The molecule has 0 bridgehead atoms. The predicted molar refractivity (Wildman–Crippen MR) is 116 cm³/mol. The molecule has 6 nitrogen and oxygen atoms in total. The normalized spacial score (nSPS) is 16.1. The van der Waals surface area contributed by atoms with Gasteiger partial charge in [-0.1, -0.05) is 30.3 Å². The molecule has 1 unspecified atom stereocenters. The van der Waals surface area contributed by atoms with E-state index in [1.807, 2.05) is 37.3 Å². The van der Waals surface area contributed by atoms with Crippen LogP contribution in [-0.2, 0) is 16.0 Å². The van der Waals surface area contributed by atoms with Gasteiger partial charge in [0.15, 0.2) is 0 Å². The van der Waals surface area contributed by atoms with E-state index in [2.05, 4.69) is 20.4 Å². The van der Waals surface area contributed by atoms with Gasteiger partial charge in [0.05, 0.1) is 12.6 Å². The van der Waals surface area contributed by atoms with Crippen LogP contribution < -0.4 is 10.6 Å². The van der Waals surface area contributed by atoms with E-state index in [9.17, 15) is 14.0 Å². The van der Waals surface area contributed by atoms with Crippen LogP contribution in [-0.4, -0.2) is 66.9 Å². The van der Waals surface area contributed by atoms with Crippen molar-refractivity contribution in [3.05, 3.63) is 66.0 Å². The van der Waals surface area contributed by atoms with Crippen LogP contribution in [0.2, 0.25) is 0 Å². The van der Waals surface area contributed by atoms with Crippen molar-refractivity contribution in [1.82, 2.24) is 15.1 Å². The van der Waals surface area contributed by atoms with E-state index in [4.69, 9.17) is 0 Å². The zero-order chi connectivity index (χ0) is 21.3. The molecular formula is C23H29FN4O2. The summed E-state index contributed by atoms with van der Waals surface area (Å²) in [6, 6.07) is 15.5. The molecular weight excluding hydrogens is 383 g/mol. The number of carbonyl (C=O) groups excluding carboxylic acids is 2. The molecule has 7 heteroatoms. The number of carbonyl (C=O) groups is 2. The highest BCUT2D eigenvalue weighted by molar-refractivity contribution is 5.92. The van der Waals surface area contributed by atoms with Crippen molar-refractivity contribution >= 4 is 17.5 Å². The van der Waals surface area contributed by atoms with Crippen LogP contribution in [0.1, 0.15) is 12.5 Å². The molecule has 1 aliphatic rings. The monoisotopic (exact) mass is 412 g/mol. The number of anilines is 1. The number of para-hydroxylation sites is 1. The summed E-state index contributed by atoms with van der Waals surface area (Å²) >= 11 is 0. The zero-order valence-corrected chi connectivity index (χ0v) is 17.3. The standard InChI is InChI=1S/C23H29FN4O2/c1-18(23(30)25-12-11-19-7-9-20(24)10-8-19)28-15-13-27(14-16-28)17-22(29)26-21-5-3-2-4-6-21/h2-10,18H,11-17H2,1H3,(H,25,30)(H,26,29). The lowest BCUT2D eigenvalue weighted by atomic mass is 10.1. The summed E-state index contributed by atoms with van der Waals surface area (Å²) in [6.45, 7) is 5.75. The Labute approximate surface area is 177 Å². The van der Waals surface area contributed by atoms with Crippen molar-refractivity contribution in [3.63, 3.8) is 0 Å². The third kappa shape index (κ3) is 6.64. The van der Waals surface area contributed by atoms with Crippen LogP contribution in [0.5, 0.6) is 0 Å². The summed E-state index contributed by atoms with van der Waals surface area (Å²) in [5.74, 6) is -0.290. The summed E-state index contributed by atoms with van der Waals surface area (Å²) in [6.07, 6.45) is 0.670. The number of nitrogens with zero attached hydrogens (tertiary/aromatic N) is 2. The first-order valence-corrected chi connectivity index (χ1v) is 10.3. The molecule has 2 aromatic rings. The minimum absolute atomic E-state index is 0.00705. The Morgan fingerprint density at radius 1 is 1.00 bits per heavy atom. The van der Waals surface area contributed by atoms with Crippen LogP contribution in [0.25, 0.3) is 0 Å². The maximum Gasteiger partial charge on any atom is 0.238 e. The van der Waals surface area contributed by atoms with Crippen molar-refractivity contribution in [2.45, 2.75) is 19.4 Å². The molecule has 2 aromatic carbocycles. The minimum Gasteiger partial charge on any atom is -0.354 e. The van der Waals surface area contributed by atoms with E-state index >= 15 is 0 Å². The third-order valence-electron chi connectivity index (χ3n) is 5.38. The smallest absolute Gasteiger partial charge is 0.238 e. The average molecular weight is 413 g/mol. The van der Waals surface area contributed by atoms with Gasteiger partial charge in [0.2, 0.25) is 11.8 Å². The number of hydrogen-bond acceptors (Lipinski definition) is 4. The van der Waals surface area contributed by atoms with Crippen molar-refractivity contribution < 1.29 is 14.0 Å². The van der Waals surface area contributed by atoms with Crippen LogP contribution in [0.3, 0.4) is 0 Å². The molecule has 1 heterocycles. The van der Waals surface area contributed by atoms with Gasteiger partial charge in [-0.3, -0.25) is 19.4 Å². The van der Waals surface area contributed by atoms with Gasteiger partial charge in [0.25, 0.3) is 0 Å². The summed E-state index contributed by atoms with van der Waals surface area (Å²) < 4.78 is 12.9. The lowest BCUT2D eigenvalue weighted by Crippen LogP contribution is -2.54. The maximum absolute atomic E-state index is 12.9. The molecule has 2 N–H and O–H groups in total. The topological polar surface area (TPSA) is 64.7 Å². The molecule has 30 heavy (non-hydrogen) atoms. The van der Waals surface area contributed by atoms with E-state index in [-0.39, 0.29) is 23.7 Å². The second-order valence-electron chi connectivity index (χ2n) is 7.57. The first kappa shape index (κ1) is 21.9. The fraction of sp³-hybridized carbons (Fsp3) is 0.391. The van der Waals surface area contributed by atoms with Crippen molar-refractivity contribution in [3.8, 4) is 0 Å². The Balaban J connectivity index is 1.35. The Bertz CT molecular complexity index is 821. The highest BCUT2D eigenvalue weighted by Gasteiger charge is 2.26. The highest BCUT2D eigenvalue weighted by atomic mass is 19.1. The van der Waals surface area contributed by atoms with Gasteiger partial charge in [0.1, 0.15) is 5.82 Å². The highest BCUT2D eigenvalue weighted by Crippen LogP contribution is 2.09. The molecule has 3 rings (SSSR count).